The van der Waals surface area contributed by atoms with Crippen molar-refractivity contribution in [3.8, 4) is 0 Å². The van der Waals surface area contributed by atoms with E-state index in [-0.39, 0.29) is 0 Å². The van der Waals surface area contributed by atoms with E-state index in [2.05, 4.69) is 33.0 Å². The number of hydrogen-bond acceptors (Lipinski definition) is 3. The first kappa shape index (κ1) is 14.9. The van der Waals surface area contributed by atoms with Crippen LogP contribution >= 0.6 is 0 Å². The normalized spacial score (nSPS) is 22.6. The fraction of sp³-hybridized carbons (Fsp3) is 1.00. The molecule has 2 atom stereocenters. The van der Waals surface area contributed by atoms with Crippen LogP contribution in [0.5, 0.6) is 0 Å². The summed E-state index contributed by atoms with van der Waals surface area (Å²) in [5, 5.41) is 3.49. The summed E-state index contributed by atoms with van der Waals surface area (Å²) in [5.41, 5.74) is 0. The first-order valence-electron chi connectivity index (χ1n) is 6.99. The molecule has 3 heteroatoms. The quantitative estimate of drug-likeness (QED) is 0.709. The monoisotopic (exact) mass is 243 g/mol. The van der Waals surface area contributed by atoms with Gasteiger partial charge in [0.2, 0.25) is 0 Å². The van der Waals surface area contributed by atoms with Crippen LogP contribution in [0.25, 0.3) is 0 Å². The SMILES string of the molecule is CC(C)CNCC(OCC1CCOC1)C(C)C. The molecule has 1 aliphatic rings. The molecule has 102 valence electrons. The van der Waals surface area contributed by atoms with Crippen molar-refractivity contribution in [2.24, 2.45) is 17.8 Å². The second-order valence-corrected chi connectivity index (χ2v) is 5.90. The van der Waals surface area contributed by atoms with E-state index in [1.807, 2.05) is 0 Å². The average Bonchev–Trinajstić information content (AvgIpc) is 2.74. The molecule has 17 heavy (non-hydrogen) atoms. The highest BCUT2D eigenvalue weighted by atomic mass is 16.5. The van der Waals surface area contributed by atoms with Crippen molar-refractivity contribution in [3.63, 3.8) is 0 Å². The van der Waals surface area contributed by atoms with Crippen molar-refractivity contribution in [2.45, 2.75) is 40.2 Å². The summed E-state index contributed by atoms with van der Waals surface area (Å²) in [6.07, 6.45) is 1.49. The Balaban J connectivity index is 2.17. The van der Waals surface area contributed by atoms with E-state index in [1.54, 1.807) is 0 Å². The fourth-order valence-corrected chi connectivity index (χ4v) is 1.98. The van der Waals surface area contributed by atoms with Crippen LogP contribution in [0, 0.1) is 17.8 Å². The molecule has 0 aliphatic carbocycles. The predicted molar refractivity (Wildman–Crippen MR) is 71.2 cm³/mol. The molecular formula is C14H29NO2. The van der Waals surface area contributed by atoms with Gasteiger partial charge in [-0.05, 0) is 24.8 Å². The van der Waals surface area contributed by atoms with E-state index >= 15 is 0 Å². The van der Waals surface area contributed by atoms with Gasteiger partial charge in [-0.15, -0.1) is 0 Å². The molecule has 1 N–H and O–H groups in total. The highest BCUT2D eigenvalue weighted by Crippen LogP contribution is 2.15. The highest BCUT2D eigenvalue weighted by molar-refractivity contribution is 4.69. The Morgan fingerprint density at radius 1 is 1.24 bits per heavy atom. The molecule has 1 rings (SSSR count). The largest absolute Gasteiger partial charge is 0.381 e. The van der Waals surface area contributed by atoms with E-state index in [0.717, 1.165) is 39.3 Å². The van der Waals surface area contributed by atoms with Crippen molar-refractivity contribution in [3.05, 3.63) is 0 Å². The van der Waals surface area contributed by atoms with Crippen LogP contribution < -0.4 is 5.32 Å². The zero-order valence-electron chi connectivity index (χ0n) is 11.9. The van der Waals surface area contributed by atoms with E-state index in [0.29, 0.717) is 23.9 Å². The molecule has 2 unspecified atom stereocenters. The molecule has 3 nitrogen and oxygen atoms in total. The molecule has 1 heterocycles. The number of hydrogen-bond donors (Lipinski definition) is 1. The van der Waals surface area contributed by atoms with Gasteiger partial charge in [0.1, 0.15) is 0 Å². The van der Waals surface area contributed by atoms with Gasteiger partial charge < -0.3 is 14.8 Å². The van der Waals surface area contributed by atoms with Gasteiger partial charge in [-0.25, -0.2) is 0 Å². The number of ether oxygens (including phenoxy) is 2. The third-order valence-electron chi connectivity index (χ3n) is 3.21. The Morgan fingerprint density at radius 3 is 2.53 bits per heavy atom. The van der Waals surface area contributed by atoms with Gasteiger partial charge >= 0.3 is 0 Å². The first-order valence-corrected chi connectivity index (χ1v) is 6.99. The summed E-state index contributed by atoms with van der Waals surface area (Å²) in [4.78, 5) is 0. The molecule has 0 saturated carbocycles. The van der Waals surface area contributed by atoms with E-state index in [9.17, 15) is 0 Å². The second-order valence-electron chi connectivity index (χ2n) is 5.90. The van der Waals surface area contributed by atoms with E-state index in [1.165, 1.54) is 0 Å². The highest BCUT2D eigenvalue weighted by Gasteiger charge is 2.20. The molecule has 0 amide bonds. The molecule has 0 spiro atoms. The van der Waals surface area contributed by atoms with Gasteiger partial charge in [-0.3, -0.25) is 0 Å². The minimum absolute atomic E-state index is 0.328. The summed E-state index contributed by atoms with van der Waals surface area (Å²) in [5.74, 6) is 1.88. The van der Waals surface area contributed by atoms with Crippen molar-refractivity contribution in [1.29, 1.82) is 0 Å². The molecule has 0 radical (unpaired) electrons. The molecule has 1 aliphatic heterocycles. The topological polar surface area (TPSA) is 30.5 Å². The Bertz CT molecular complexity index is 189. The van der Waals surface area contributed by atoms with Gasteiger partial charge in [0.05, 0.1) is 19.3 Å². The maximum Gasteiger partial charge on any atom is 0.0722 e. The van der Waals surface area contributed by atoms with E-state index in [4.69, 9.17) is 9.47 Å². The fourth-order valence-electron chi connectivity index (χ4n) is 1.98. The zero-order chi connectivity index (χ0) is 12.7. The summed E-state index contributed by atoms with van der Waals surface area (Å²) in [6.45, 7) is 13.6. The van der Waals surface area contributed by atoms with Gasteiger partial charge in [-0.1, -0.05) is 27.7 Å². The lowest BCUT2D eigenvalue weighted by Crippen LogP contribution is -2.36. The first-order chi connectivity index (χ1) is 8.09. The Labute approximate surface area is 106 Å². The Morgan fingerprint density at radius 2 is 2.00 bits per heavy atom. The Hall–Kier alpha value is -0.120. The average molecular weight is 243 g/mol. The zero-order valence-corrected chi connectivity index (χ0v) is 11.9. The molecule has 0 aromatic heterocycles. The summed E-state index contributed by atoms with van der Waals surface area (Å²) in [7, 11) is 0. The lowest BCUT2D eigenvalue weighted by Gasteiger charge is -2.24. The smallest absolute Gasteiger partial charge is 0.0722 e. The van der Waals surface area contributed by atoms with Crippen LogP contribution in [0.1, 0.15) is 34.1 Å². The summed E-state index contributed by atoms with van der Waals surface area (Å²) >= 11 is 0. The molecule has 0 bridgehead atoms. The van der Waals surface area contributed by atoms with Gasteiger partial charge in [0.25, 0.3) is 0 Å². The number of nitrogens with one attached hydrogen (secondary N) is 1. The van der Waals surface area contributed by atoms with Crippen LogP contribution in [0.3, 0.4) is 0 Å². The third kappa shape index (κ3) is 6.39. The van der Waals surface area contributed by atoms with Crippen molar-refractivity contribution >= 4 is 0 Å². The second kappa shape index (κ2) is 8.06. The molecule has 1 saturated heterocycles. The van der Waals surface area contributed by atoms with Crippen molar-refractivity contribution in [2.75, 3.05) is 32.9 Å². The standard InChI is InChI=1S/C14H29NO2/c1-11(2)7-15-8-14(12(3)4)17-10-13-5-6-16-9-13/h11-15H,5-10H2,1-4H3. The summed E-state index contributed by atoms with van der Waals surface area (Å²) in [6, 6.07) is 0. The van der Waals surface area contributed by atoms with Crippen LogP contribution in [-0.2, 0) is 9.47 Å². The van der Waals surface area contributed by atoms with Gasteiger partial charge in [-0.2, -0.15) is 0 Å². The van der Waals surface area contributed by atoms with Crippen LogP contribution in [0.4, 0.5) is 0 Å². The maximum atomic E-state index is 6.03. The predicted octanol–water partition coefficient (Wildman–Crippen LogP) is 2.31. The molecular weight excluding hydrogens is 214 g/mol. The van der Waals surface area contributed by atoms with Crippen molar-refractivity contribution < 1.29 is 9.47 Å². The van der Waals surface area contributed by atoms with Gasteiger partial charge in [0, 0.05) is 19.1 Å². The van der Waals surface area contributed by atoms with Gasteiger partial charge in [0.15, 0.2) is 0 Å². The Kier molecular flexibility index (Phi) is 7.09. The van der Waals surface area contributed by atoms with Crippen molar-refractivity contribution in [1.82, 2.24) is 5.32 Å². The maximum absolute atomic E-state index is 6.03. The third-order valence-corrected chi connectivity index (χ3v) is 3.21. The lowest BCUT2D eigenvalue weighted by molar-refractivity contribution is 0.000877. The minimum atomic E-state index is 0.328. The summed E-state index contributed by atoms with van der Waals surface area (Å²) < 4.78 is 11.4. The minimum Gasteiger partial charge on any atom is -0.381 e. The molecule has 0 aromatic carbocycles. The van der Waals surface area contributed by atoms with Crippen LogP contribution in [0.2, 0.25) is 0 Å². The van der Waals surface area contributed by atoms with Crippen LogP contribution in [0.15, 0.2) is 0 Å². The lowest BCUT2D eigenvalue weighted by atomic mass is 10.1. The molecule has 1 fully saturated rings. The molecule has 0 aromatic rings. The number of rotatable bonds is 8. The van der Waals surface area contributed by atoms with E-state index < -0.39 is 0 Å². The van der Waals surface area contributed by atoms with Crippen LogP contribution in [-0.4, -0.2) is 39.0 Å².